The summed E-state index contributed by atoms with van der Waals surface area (Å²) in [4.78, 5) is 0. The Balaban J connectivity index is -0.00000000500. The summed E-state index contributed by atoms with van der Waals surface area (Å²) in [7, 11) is 0. The van der Waals surface area contributed by atoms with Gasteiger partial charge in [0.05, 0.1) is 0 Å². The van der Waals surface area contributed by atoms with E-state index in [0.717, 1.165) is 0 Å². The number of rotatable bonds is 0. The Morgan fingerprint density at radius 3 is 1.25 bits per heavy atom. The van der Waals surface area contributed by atoms with Gasteiger partial charge in [-0.3, -0.25) is 0 Å². The van der Waals surface area contributed by atoms with Crippen LogP contribution in [0.15, 0.2) is 0 Å². The van der Waals surface area contributed by atoms with Gasteiger partial charge in [-0.05, 0) is 0 Å². The Hall–Kier alpha value is 1.30. The molecule has 1 radical (unpaired) electrons. The fourth-order valence-corrected chi connectivity index (χ4v) is 0. The van der Waals surface area contributed by atoms with Crippen molar-refractivity contribution in [3.63, 3.8) is 0 Å². The second-order valence-electron chi connectivity index (χ2n) is 0. The van der Waals surface area contributed by atoms with Crippen LogP contribution in [0.25, 0.3) is 0 Å². The molecule has 0 saturated heterocycles. The van der Waals surface area contributed by atoms with Gasteiger partial charge in [-0.25, -0.2) is 0 Å². The molecule has 23 valence electrons. The molecule has 0 amide bonds. The maximum atomic E-state index is 3.25. The second-order valence-corrected chi connectivity index (χ2v) is 0. The van der Waals surface area contributed by atoms with Gasteiger partial charge < -0.3 is 0 Å². The molecule has 0 aromatic heterocycles. The van der Waals surface area contributed by atoms with Crippen LogP contribution in [0, 0.1) is 6.92 Å². The van der Waals surface area contributed by atoms with Gasteiger partial charge in [0.1, 0.15) is 0 Å². The third-order valence-electron chi connectivity index (χ3n) is 0. The van der Waals surface area contributed by atoms with Crippen LogP contribution in [0.5, 0.6) is 0 Å². The van der Waals surface area contributed by atoms with E-state index in [1.807, 2.05) is 0 Å². The van der Waals surface area contributed by atoms with Gasteiger partial charge in [-0.2, -0.15) is 0 Å². The summed E-state index contributed by atoms with van der Waals surface area (Å²) in [5.74, 6) is 0. The lowest BCUT2D eigenvalue weighted by Crippen LogP contribution is -0.888. The molecule has 0 atom stereocenters. The quantitative estimate of drug-likeness (QED) is 0.322. The first-order valence-corrected chi connectivity index (χ1v) is 0.707. The first kappa shape index (κ1) is 18.5. The highest BCUT2D eigenvalue weighted by Crippen LogP contribution is 1.11. The van der Waals surface area contributed by atoms with E-state index in [-0.39, 0.29) is 40.4 Å². The SMILES string of the molecule is [AlH3].[CH2]C.[MgH2]. The van der Waals surface area contributed by atoms with Gasteiger partial charge >= 0.3 is 23.1 Å². The Labute approximate surface area is 54.2 Å². The van der Waals surface area contributed by atoms with Gasteiger partial charge in [0.25, 0.3) is 0 Å². The fourth-order valence-electron chi connectivity index (χ4n) is 0. The minimum atomic E-state index is 0. The third-order valence-corrected chi connectivity index (χ3v) is 0. The topological polar surface area (TPSA) is 0 Å². The van der Waals surface area contributed by atoms with Crippen molar-refractivity contribution in [2.75, 3.05) is 0 Å². The third kappa shape index (κ3) is 10.3. The van der Waals surface area contributed by atoms with Crippen LogP contribution in [-0.2, 0) is 0 Å². The summed E-state index contributed by atoms with van der Waals surface area (Å²) in [6, 6.07) is 0. The zero-order chi connectivity index (χ0) is 2.00. The highest BCUT2D eigenvalue weighted by molar-refractivity contribution is 5.76. The Kier molecular flexibility index (Phi) is 128. The lowest BCUT2D eigenvalue weighted by atomic mass is 11.0. The molecule has 0 spiro atoms. The molecule has 0 N–H and O–H groups in total. The predicted octanol–water partition coefficient (Wildman–Crippen LogP) is -1.26. The van der Waals surface area contributed by atoms with Gasteiger partial charge in [-0.1, -0.05) is 13.8 Å². The van der Waals surface area contributed by atoms with Crippen molar-refractivity contribution in [1.82, 2.24) is 0 Å². The van der Waals surface area contributed by atoms with E-state index < -0.39 is 0 Å². The smallest absolute Gasteiger partial charge is 0.0654 e. The maximum Gasteiger partial charge on any atom is 0.316 e. The largest absolute Gasteiger partial charge is 0.316 e. The molecule has 4 heavy (non-hydrogen) atoms. The van der Waals surface area contributed by atoms with Crippen molar-refractivity contribution in [2.45, 2.75) is 6.92 Å². The zero-order valence-corrected chi connectivity index (χ0v) is 1.71. The highest BCUT2D eigenvalue weighted by atomic mass is 27.0. The summed E-state index contributed by atoms with van der Waals surface area (Å²) in [6.45, 7) is 5.00. The first-order chi connectivity index (χ1) is 1.00. The summed E-state index contributed by atoms with van der Waals surface area (Å²) in [5.41, 5.74) is 0. The van der Waals surface area contributed by atoms with Crippen LogP contribution < -0.4 is 0 Å². The molecule has 0 unspecified atom stereocenters. The lowest BCUT2D eigenvalue weighted by molar-refractivity contribution is 1.81. The summed E-state index contributed by atoms with van der Waals surface area (Å²) < 4.78 is 0. The van der Waals surface area contributed by atoms with E-state index in [1.54, 1.807) is 6.92 Å². The molecule has 0 fully saturated rings. The van der Waals surface area contributed by atoms with E-state index in [9.17, 15) is 0 Å². The Morgan fingerprint density at radius 1 is 1.25 bits per heavy atom. The fraction of sp³-hybridized carbons (Fsp3) is 0.500. The van der Waals surface area contributed by atoms with E-state index in [0.29, 0.717) is 0 Å². The zero-order valence-electron chi connectivity index (χ0n) is 1.71. The van der Waals surface area contributed by atoms with Crippen molar-refractivity contribution < 1.29 is 0 Å². The standard InChI is InChI=1S/C2H5.Al.Mg.5H/c1-2;;;;;;;/h1H2,2H3;;;;;;;. The van der Waals surface area contributed by atoms with Crippen LogP contribution in [0.4, 0.5) is 0 Å². The second kappa shape index (κ2) is 27.7. The van der Waals surface area contributed by atoms with E-state index in [2.05, 4.69) is 6.92 Å². The van der Waals surface area contributed by atoms with Crippen molar-refractivity contribution >= 4 is 40.4 Å². The molecule has 0 nitrogen and oxygen atoms in total. The van der Waals surface area contributed by atoms with Crippen LogP contribution in [-0.4, -0.2) is 40.4 Å². The summed E-state index contributed by atoms with van der Waals surface area (Å²) in [5, 5.41) is 0. The molecule has 0 aliphatic rings. The van der Waals surface area contributed by atoms with Crippen molar-refractivity contribution in [2.24, 2.45) is 0 Å². The predicted molar refractivity (Wildman–Crippen MR) is 29.5 cm³/mol. The molecule has 0 aliphatic heterocycles. The van der Waals surface area contributed by atoms with E-state index in [4.69, 9.17) is 0 Å². The van der Waals surface area contributed by atoms with Crippen molar-refractivity contribution in [1.29, 1.82) is 0 Å². The monoisotopic (exact) mass is 85.0 g/mol. The Morgan fingerprint density at radius 2 is 1.25 bits per heavy atom. The van der Waals surface area contributed by atoms with E-state index in [1.165, 1.54) is 0 Å². The van der Waals surface area contributed by atoms with Crippen LogP contribution in [0.1, 0.15) is 6.92 Å². The number of hydrogen-bond acceptors (Lipinski definition) is 0. The normalized spacial score (nSPS) is 1.50. The van der Waals surface area contributed by atoms with Gasteiger partial charge in [0, 0.05) is 0 Å². The molecule has 0 heterocycles. The molecule has 0 saturated carbocycles. The minimum Gasteiger partial charge on any atom is -0.0654 e. The van der Waals surface area contributed by atoms with Crippen molar-refractivity contribution in [3.05, 3.63) is 6.92 Å². The van der Waals surface area contributed by atoms with Gasteiger partial charge in [-0.15, -0.1) is 0 Å². The molecule has 0 rings (SSSR count). The molecular weight excluding hydrogens is 75.3 g/mol. The van der Waals surface area contributed by atoms with Crippen LogP contribution in [0.2, 0.25) is 0 Å². The summed E-state index contributed by atoms with van der Waals surface area (Å²) in [6.07, 6.45) is 0. The molecule has 0 aromatic rings. The highest BCUT2D eigenvalue weighted by Gasteiger charge is 0.939. The first-order valence-electron chi connectivity index (χ1n) is 0.707. The maximum absolute atomic E-state index is 3.25. The lowest BCUT2D eigenvalue weighted by Gasteiger charge is -1.06. The van der Waals surface area contributed by atoms with Gasteiger partial charge in [0.15, 0.2) is 17.4 Å². The summed E-state index contributed by atoms with van der Waals surface area (Å²) >= 11 is 0. The van der Waals surface area contributed by atoms with Crippen LogP contribution >= 0.6 is 0 Å². The van der Waals surface area contributed by atoms with Gasteiger partial charge in [0.2, 0.25) is 0 Å². The van der Waals surface area contributed by atoms with Crippen molar-refractivity contribution in [3.8, 4) is 0 Å². The Bertz CT molecular complexity index is 6.00. The van der Waals surface area contributed by atoms with Crippen LogP contribution in [0.3, 0.4) is 0 Å². The molecule has 2 heteroatoms. The average molecular weight is 85.4 g/mol. The number of hydrogen-bond donors (Lipinski definition) is 0. The molecule has 0 aliphatic carbocycles. The van der Waals surface area contributed by atoms with E-state index >= 15 is 0 Å². The molecule has 0 bridgehead atoms. The average Bonchev–Trinajstić information content (AvgIpc) is 1.00. The molecule has 0 aromatic carbocycles. The minimum absolute atomic E-state index is 0. The molecular formula is C2H10AlMg.